The van der Waals surface area contributed by atoms with E-state index in [1.807, 2.05) is 0 Å². The number of hydrogen-bond donors (Lipinski definition) is 0. The van der Waals surface area contributed by atoms with Crippen molar-refractivity contribution in [3.05, 3.63) is 64.5 Å². The van der Waals surface area contributed by atoms with Gasteiger partial charge in [-0.3, -0.25) is 4.98 Å². The quantitative estimate of drug-likeness (QED) is 0.873. The molecule has 98 valence electrons. The van der Waals surface area contributed by atoms with Crippen LogP contribution in [0.4, 0.5) is 4.39 Å². The minimum Gasteiger partial charge on any atom is -0.255 e. The van der Waals surface area contributed by atoms with Crippen LogP contribution in [0.2, 0.25) is 5.02 Å². The molecule has 2 rings (SSSR count). The van der Waals surface area contributed by atoms with Crippen molar-refractivity contribution in [1.29, 1.82) is 0 Å². The molecule has 1 heterocycles. The molecule has 0 atom stereocenters. The summed E-state index contributed by atoms with van der Waals surface area (Å²) in [5.41, 5.74) is 0.337. The summed E-state index contributed by atoms with van der Waals surface area (Å²) in [6.07, 6.45) is 2.78. The number of rotatable bonds is 3. The van der Waals surface area contributed by atoms with Gasteiger partial charge in [-0.2, -0.15) is 0 Å². The second-order valence-corrected chi connectivity index (χ2v) is 5.92. The maximum Gasteiger partial charge on any atom is 0.199 e. The molecule has 6 heteroatoms. The Morgan fingerprint density at radius 2 is 2.00 bits per heavy atom. The highest BCUT2D eigenvalue weighted by Gasteiger charge is 2.11. The number of hydrogen-bond acceptors (Lipinski definition) is 3. The minimum absolute atomic E-state index is 0.115. The first-order valence-electron chi connectivity index (χ1n) is 5.28. The smallest absolute Gasteiger partial charge is 0.199 e. The third-order valence-electron chi connectivity index (χ3n) is 2.32. The van der Waals surface area contributed by atoms with E-state index in [-0.39, 0.29) is 4.90 Å². The number of aromatic nitrogens is 1. The predicted molar refractivity (Wildman–Crippen MR) is 71.9 cm³/mol. The Morgan fingerprint density at radius 1 is 1.21 bits per heavy atom. The first-order chi connectivity index (χ1) is 8.99. The lowest BCUT2D eigenvalue weighted by atomic mass is 10.3. The second kappa shape index (κ2) is 5.50. The SMILES string of the molecule is O=S(=O)(C=Cc1ncccc1Cl)c1cccc(F)c1. The lowest BCUT2D eigenvalue weighted by Gasteiger charge is -1.99. The molecule has 0 aliphatic heterocycles. The average molecular weight is 298 g/mol. The van der Waals surface area contributed by atoms with Crippen LogP contribution in [0.1, 0.15) is 5.69 Å². The zero-order valence-electron chi connectivity index (χ0n) is 9.62. The summed E-state index contributed by atoms with van der Waals surface area (Å²) in [4.78, 5) is 3.82. The van der Waals surface area contributed by atoms with Gasteiger partial charge in [0.25, 0.3) is 0 Å². The molecule has 19 heavy (non-hydrogen) atoms. The summed E-state index contributed by atoms with van der Waals surface area (Å²) >= 11 is 5.86. The molecule has 0 aliphatic carbocycles. The van der Waals surface area contributed by atoms with Gasteiger partial charge in [0.15, 0.2) is 9.84 Å². The Kier molecular flexibility index (Phi) is 3.97. The van der Waals surface area contributed by atoms with Crippen LogP contribution in [0.25, 0.3) is 6.08 Å². The lowest BCUT2D eigenvalue weighted by Crippen LogP contribution is -1.96. The third kappa shape index (κ3) is 3.39. The molecule has 0 radical (unpaired) electrons. The van der Waals surface area contributed by atoms with Crippen molar-refractivity contribution in [2.24, 2.45) is 0 Å². The topological polar surface area (TPSA) is 47.0 Å². The number of benzene rings is 1. The van der Waals surface area contributed by atoms with Gasteiger partial charge in [0, 0.05) is 11.6 Å². The number of sulfone groups is 1. The fraction of sp³-hybridized carbons (Fsp3) is 0. The first kappa shape index (κ1) is 13.7. The van der Waals surface area contributed by atoms with Crippen molar-refractivity contribution in [3.8, 4) is 0 Å². The van der Waals surface area contributed by atoms with E-state index in [0.29, 0.717) is 10.7 Å². The van der Waals surface area contributed by atoms with Gasteiger partial charge in [-0.1, -0.05) is 17.7 Å². The molecule has 0 saturated heterocycles. The van der Waals surface area contributed by atoms with Gasteiger partial charge < -0.3 is 0 Å². The summed E-state index contributed by atoms with van der Waals surface area (Å²) in [6.45, 7) is 0. The highest BCUT2D eigenvalue weighted by molar-refractivity contribution is 7.94. The standard InChI is InChI=1S/C13H9ClFNO2S/c14-12-5-2-7-16-13(12)6-8-19(17,18)11-4-1-3-10(15)9-11/h1-9H. The van der Waals surface area contributed by atoms with Crippen LogP contribution in [-0.4, -0.2) is 13.4 Å². The van der Waals surface area contributed by atoms with Crippen LogP contribution < -0.4 is 0 Å². The molecule has 0 spiro atoms. The number of nitrogens with zero attached hydrogens (tertiary/aromatic N) is 1. The van der Waals surface area contributed by atoms with Crippen molar-refractivity contribution in [2.75, 3.05) is 0 Å². The van der Waals surface area contributed by atoms with Gasteiger partial charge in [0.1, 0.15) is 5.82 Å². The number of halogens is 2. The lowest BCUT2D eigenvalue weighted by molar-refractivity contribution is 0.598. The van der Waals surface area contributed by atoms with Crippen LogP contribution in [0.3, 0.4) is 0 Å². The Morgan fingerprint density at radius 3 is 2.68 bits per heavy atom. The van der Waals surface area contributed by atoms with Crippen molar-refractivity contribution < 1.29 is 12.8 Å². The van der Waals surface area contributed by atoms with Crippen molar-refractivity contribution >= 4 is 27.5 Å². The maximum atomic E-state index is 13.0. The van der Waals surface area contributed by atoms with Crippen molar-refractivity contribution in [2.45, 2.75) is 4.90 Å². The molecule has 0 amide bonds. The van der Waals surface area contributed by atoms with E-state index >= 15 is 0 Å². The molecule has 2 aromatic rings. The molecular formula is C13H9ClFNO2S. The average Bonchev–Trinajstić information content (AvgIpc) is 2.38. The summed E-state index contributed by atoms with van der Waals surface area (Å²) in [7, 11) is -3.72. The molecule has 3 nitrogen and oxygen atoms in total. The normalized spacial score (nSPS) is 11.9. The molecule has 0 N–H and O–H groups in total. The Balaban J connectivity index is 2.35. The van der Waals surface area contributed by atoms with E-state index in [1.54, 1.807) is 12.1 Å². The predicted octanol–water partition coefficient (Wildman–Crippen LogP) is 3.32. The Bertz CT molecular complexity index is 729. The van der Waals surface area contributed by atoms with Crippen LogP contribution in [-0.2, 0) is 9.84 Å². The van der Waals surface area contributed by atoms with Crippen LogP contribution >= 0.6 is 11.6 Å². The van der Waals surface area contributed by atoms with Gasteiger partial charge in [-0.15, -0.1) is 0 Å². The summed E-state index contributed by atoms with van der Waals surface area (Å²) in [5, 5.41) is 1.30. The fourth-order valence-corrected chi connectivity index (χ4v) is 2.59. The largest absolute Gasteiger partial charge is 0.255 e. The molecule has 0 unspecified atom stereocenters. The van der Waals surface area contributed by atoms with E-state index in [4.69, 9.17) is 11.6 Å². The summed E-state index contributed by atoms with van der Waals surface area (Å²) in [6, 6.07) is 8.04. The monoisotopic (exact) mass is 297 g/mol. The van der Waals surface area contributed by atoms with Gasteiger partial charge in [0.2, 0.25) is 0 Å². The number of pyridine rings is 1. The highest BCUT2D eigenvalue weighted by Crippen LogP contribution is 2.17. The summed E-state index contributed by atoms with van der Waals surface area (Å²) in [5.74, 6) is -0.606. The molecule has 1 aromatic heterocycles. The van der Waals surface area contributed by atoms with Crippen LogP contribution in [0.5, 0.6) is 0 Å². The van der Waals surface area contributed by atoms with Gasteiger partial charge in [-0.25, -0.2) is 12.8 Å². The molecule has 0 bridgehead atoms. The zero-order chi connectivity index (χ0) is 13.9. The first-order valence-corrected chi connectivity index (χ1v) is 7.21. The van der Waals surface area contributed by atoms with Crippen molar-refractivity contribution in [3.63, 3.8) is 0 Å². The van der Waals surface area contributed by atoms with E-state index < -0.39 is 15.7 Å². The second-order valence-electron chi connectivity index (χ2n) is 3.68. The van der Waals surface area contributed by atoms with Crippen molar-refractivity contribution in [1.82, 2.24) is 4.98 Å². The Labute approximate surface area is 115 Å². The van der Waals surface area contributed by atoms with Gasteiger partial charge in [0.05, 0.1) is 15.6 Å². The van der Waals surface area contributed by atoms with E-state index in [1.165, 1.54) is 30.5 Å². The molecule has 0 aliphatic rings. The van der Waals surface area contributed by atoms with E-state index in [9.17, 15) is 12.8 Å². The summed E-state index contributed by atoms with van der Waals surface area (Å²) < 4.78 is 36.9. The fourth-order valence-electron chi connectivity index (χ4n) is 1.40. The molecule has 0 fully saturated rings. The van der Waals surface area contributed by atoms with Gasteiger partial charge in [-0.05, 0) is 36.4 Å². The van der Waals surface area contributed by atoms with E-state index in [0.717, 1.165) is 11.5 Å². The minimum atomic E-state index is -3.72. The molecular weight excluding hydrogens is 289 g/mol. The maximum absolute atomic E-state index is 13.0. The third-order valence-corrected chi connectivity index (χ3v) is 4.04. The van der Waals surface area contributed by atoms with Crippen LogP contribution in [0.15, 0.2) is 52.9 Å². The van der Waals surface area contributed by atoms with E-state index in [2.05, 4.69) is 4.98 Å². The zero-order valence-corrected chi connectivity index (χ0v) is 11.2. The molecule has 1 aromatic carbocycles. The van der Waals surface area contributed by atoms with Crippen LogP contribution in [0, 0.1) is 5.82 Å². The highest BCUT2D eigenvalue weighted by atomic mass is 35.5. The molecule has 0 saturated carbocycles. The Hall–Kier alpha value is -1.72. The van der Waals surface area contributed by atoms with Gasteiger partial charge >= 0.3 is 0 Å².